The van der Waals surface area contributed by atoms with Crippen molar-refractivity contribution >= 4 is 11.8 Å². The monoisotopic (exact) mass is 218 g/mol. The summed E-state index contributed by atoms with van der Waals surface area (Å²) in [5.74, 6) is 1.04. The highest BCUT2D eigenvalue weighted by molar-refractivity contribution is 7.99. The Kier molecular flexibility index (Phi) is 6.67. The van der Waals surface area contributed by atoms with Crippen LogP contribution in [-0.2, 0) is 0 Å². The van der Waals surface area contributed by atoms with Gasteiger partial charge in [-0.05, 0) is 25.0 Å². The van der Waals surface area contributed by atoms with Crippen LogP contribution < -0.4 is 0 Å². The molecule has 1 saturated heterocycles. The van der Waals surface area contributed by atoms with Crippen molar-refractivity contribution in [2.45, 2.75) is 69.7 Å². The maximum Gasteiger partial charge on any atom is 0.102 e. The Morgan fingerprint density at radius 2 is 2.00 bits per heavy atom. The first-order valence-corrected chi connectivity index (χ1v) is 7.13. The van der Waals surface area contributed by atoms with Crippen molar-refractivity contribution in [3.63, 3.8) is 0 Å². The van der Waals surface area contributed by atoms with Gasteiger partial charge in [0.05, 0.1) is 0 Å². The Balaban J connectivity index is 1.95. The lowest BCUT2D eigenvalue weighted by molar-refractivity contribution is 0.294. The van der Waals surface area contributed by atoms with Crippen molar-refractivity contribution in [1.82, 2.24) is 0 Å². The second-order valence-electron chi connectivity index (χ2n) is 4.32. The van der Waals surface area contributed by atoms with Gasteiger partial charge in [0.25, 0.3) is 0 Å². The van der Waals surface area contributed by atoms with E-state index in [-0.39, 0.29) is 0 Å². The van der Waals surface area contributed by atoms with E-state index in [4.69, 9.17) is 0 Å². The Morgan fingerprint density at radius 1 is 1.21 bits per heavy atom. The van der Waals surface area contributed by atoms with E-state index in [1.54, 1.807) is 0 Å². The molecule has 1 heterocycles. The summed E-state index contributed by atoms with van der Waals surface area (Å²) in [7, 11) is 0. The van der Waals surface area contributed by atoms with Crippen LogP contribution in [0.15, 0.2) is 0 Å². The molecule has 1 aliphatic heterocycles. The molecule has 14 heavy (non-hydrogen) atoms. The Morgan fingerprint density at radius 3 is 2.71 bits per heavy atom. The third-order valence-corrected chi connectivity index (χ3v) is 4.30. The quantitative estimate of drug-likeness (QED) is 0.588. The molecule has 0 N–H and O–H groups in total. The minimum atomic E-state index is -0.503. The largest absolute Gasteiger partial charge is 0.247 e. The summed E-state index contributed by atoms with van der Waals surface area (Å²) in [5, 5.41) is 0.625. The second-order valence-corrected chi connectivity index (χ2v) is 5.73. The number of hydrogen-bond donors (Lipinski definition) is 0. The average molecular weight is 218 g/mol. The first-order valence-electron chi connectivity index (χ1n) is 6.08. The van der Waals surface area contributed by atoms with Crippen LogP contribution in [0.5, 0.6) is 0 Å². The van der Waals surface area contributed by atoms with E-state index in [9.17, 15) is 4.39 Å². The number of unbranched alkanes of at least 4 members (excludes halogenated alkanes) is 4. The molecule has 1 rings (SSSR count). The normalized spacial score (nSPS) is 27.9. The zero-order valence-electron chi connectivity index (χ0n) is 9.30. The molecule has 1 aliphatic rings. The van der Waals surface area contributed by atoms with E-state index in [1.165, 1.54) is 38.5 Å². The van der Waals surface area contributed by atoms with Crippen molar-refractivity contribution in [2.24, 2.45) is 0 Å². The fourth-order valence-corrected chi connectivity index (χ4v) is 3.41. The summed E-state index contributed by atoms with van der Waals surface area (Å²) in [6.45, 7) is 2.24. The fourth-order valence-electron chi connectivity index (χ4n) is 2.01. The minimum absolute atomic E-state index is 0.503. The smallest absolute Gasteiger partial charge is 0.102 e. The minimum Gasteiger partial charge on any atom is -0.247 e. The van der Waals surface area contributed by atoms with E-state index in [2.05, 4.69) is 6.92 Å². The summed E-state index contributed by atoms with van der Waals surface area (Å²) in [4.78, 5) is 0. The van der Waals surface area contributed by atoms with Gasteiger partial charge in [-0.1, -0.05) is 39.0 Å². The number of halogens is 1. The highest BCUT2D eigenvalue weighted by atomic mass is 32.2. The molecule has 0 aliphatic carbocycles. The number of alkyl halides is 1. The lowest BCUT2D eigenvalue weighted by atomic mass is 10.0. The van der Waals surface area contributed by atoms with Gasteiger partial charge in [-0.3, -0.25) is 0 Å². The van der Waals surface area contributed by atoms with Crippen molar-refractivity contribution in [2.75, 3.05) is 5.75 Å². The predicted molar refractivity (Wildman–Crippen MR) is 63.8 cm³/mol. The number of rotatable bonds is 6. The SMILES string of the molecule is CCCCCCC[C@@H]1C[C@H](F)CCS1. The highest BCUT2D eigenvalue weighted by Crippen LogP contribution is 2.30. The molecule has 0 aromatic rings. The molecular formula is C12H23FS. The first-order chi connectivity index (χ1) is 6.83. The zero-order chi connectivity index (χ0) is 10.2. The van der Waals surface area contributed by atoms with Crippen molar-refractivity contribution in [3.8, 4) is 0 Å². The summed E-state index contributed by atoms with van der Waals surface area (Å²) in [5.41, 5.74) is 0. The van der Waals surface area contributed by atoms with Crippen LogP contribution in [0.4, 0.5) is 4.39 Å². The first kappa shape index (κ1) is 12.4. The van der Waals surface area contributed by atoms with Crippen LogP contribution in [-0.4, -0.2) is 17.2 Å². The molecule has 2 atom stereocenters. The zero-order valence-corrected chi connectivity index (χ0v) is 10.1. The third-order valence-electron chi connectivity index (χ3n) is 2.93. The van der Waals surface area contributed by atoms with Crippen LogP contribution in [0, 0.1) is 0 Å². The summed E-state index contributed by atoms with van der Waals surface area (Å²) in [6.07, 6.45) is 9.05. The Hall–Kier alpha value is 0.280. The maximum atomic E-state index is 13.1. The summed E-state index contributed by atoms with van der Waals surface area (Å²) < 4.78 is 13.1. The van der Waals surface area contributed by atoms with Gasteiger partial charge in [-0.15, -0.1) is 0 Å². The lowest BCUT2D eigenvalue weighted by Gasteiger charge is -2.23. The predicted octanol–water partition coefficient (Wildman–Crippen LogP) is 4.58. The van der Waals surface area contributed by atoms with E-state index in [1.807, 2.05) is 11.8 Å². The molecule has 0 amide bonds. The molecule has 0 spiro atoms. The lowest BCUT2D eigenvalue weighted by Crippen LogP contribution is -2.18. The van der Waals surface area contributed by atoms with Gasteiger partial charge in [-0.2, -0.15) is 11.8 Å². The van der Waals surface area contributed by atoms with Crippen LogP contribution in [0.25, 0.3) is 0 Å². The third kappa shape index (κ3) is 5.23. The van der Waals surface area contributed by atoms with Crippen molar-refractivity contribution in [3.05, 3.63) is 0 Å². The van der Waals surface area contributed by atoms with Crippen molar-refractivity contribution < 1.29 is 4.39 Å². The van der Waals surface area contributed by atoms with Gasteiger partial charge in [0.1, 0.15) is 6.17 Å². The van der Waals surface area contributed by atoms with Crippen LogP contribution in [0.3, 0.4) is 0 Å². The summed E-state index contributed by atoms with van der Waals surface area (Å²) >= 11 is 1.99. The number of hydrogen-bond acceptors (Lipinski definition) is 1. The van der Waals surface area contributed by atoms with Crippen LogP contribution in [0.1, 0.15) is 58.3 Å². The molecule has 0 bridgehead atoms. The molecule has 1 fully saturated rings. The van der Waals surface area contributed by atoms with Gasteiger partial charge in [-0.25, -0.2) is 4.39 Å². The Bertz CT molecular complexity index is 138. The molecule has 0 saturated carbocycles. The fraction of sp³-hybridized carbons (Fsp3) is 1.00. The summed E-state index contributed by atoms with van der Waals surface area (Å²) in [6, 6.07) is 0. The standard InChI is InChI=1S/C12H23FS/c1-2-3-4-5-6-7-12-10-11(13)8-9-14-12/h11-12H,2-10H2,1H3/t11-,12-/m1/s1. The topological polar surface area (TPSA) is 0 Å². The van der Waals surface area contributed by atoms with E-state index < -0.39 is 6.17 Å². The molecule has 0 radical (unpaired) electrons. The van der Waals surface area contributed by atoms with E-state index >= 15 is 0 Å². The van der Waals surface area contributed by atoms with Crippen LogP contribution >= 0.6 is 11.8 Å². The van der Waals surface area contributed by atoms with Crippen LogP contribution in [0.2, 0.25) is 0 Å². The van der Waals surface area contributed by atoms with Gasteiger partial charge >= 0.3 is 0 Å². The number of thioether (sulfide) groups is 1. The molecule has 2 heteroatoms. The Labute approximate surface area is 92.0 Å². The van der Waals surface area contributed by atoms with Gasteiger partial charge in [0.2, 0.25) is 0 Å². The molecule has 0 aromatic heterocycles. The molecule has 0 unspecified atom stereocenters. The van der Waals surface area contributed by atoms with E-state index in [0.29, 0.717) is 5.25 Å². The van der Waals surface area contributed by atoms with Crippen molar-refractivity contribution in [1.29, 1.82) is 0 Å². The second kappa shape index (κ2) is 7.56. The molecule has 0 nitrogen and oxygen atoms in total. The van der Waals surface area contributed by atoms with E-state index in [0.717, 1.165) is 18.6 Å². The molecule has 0 aromatic carbocycles. The van der Waals surface area contributed by atoms with Gasteiger partial charge in [0, 0.05) is 5.25 Å². The molecular weight excluding hydrogens is 195 g/mol. The van der Waals surface area contributed by atoms with Gasteiger partial charge in [0.15, 0.2) is 0 Å². The molecule has 84 valence electrons. The highest BCUT2D eigenvalue weighted by Gasteiger charge is 2.21. The average Bonchev–Trinajstić information content (AvgIpc) is 2.18. The maximum absolute atomic E-state index is 13.1. The van der Waals surface area contributed by atoms with Gasteiger partial charge < -0.3 is 0 Å².